The standard InChI is InChI=1S/C19H20F2N2O4/c1-10-17(22-2)14(11-6-7-12(20)16(21)18(11)26-4)15(19(24)27-5)13(23-10)8-9-25-3/h6-7,14,17H,8-9H2,1,3-5H3. The van der Waals surface area contributed by atoms with Crippen LogP contribution in [0.2, 0.25) is 0 Å². The van der Waals surface area contributed by atoms with E-state index in [0.29, 0.717) is 17.8 Å². The number of nitrogens with zero attached hydrogens (tertiary/aromatic N) is 2. The molecule has 0 N–H and O–H groups in total. The van der Waals surface area contributed by atoms with E-state index in [1.807, 2.05) is 0 Å². The number of hydrogen-bond acceptors (Lipinski definition) is 5. The van der Waals surface area contributed by atoms with E-state index in [2.05, 4.69) is 9.84 Å². The van der Waals surface area contributed by atoms with Crippen LogP contribution in [0.1, 0.15) is 24.8 Å². The molecule has 0 aliphatic carbocycles. The largest absolute Gasteiger partial charge is 0.493 e. The summed E-state index contributed by atoms with van der Waals surface area (Å²) >= 11 is 0. The van der Waals surface area contributed by atoms with Gasteiger partial charge < -0.3 is 19.1 Å². The van der Waals surface area contributed by atoms with Crippen molar-refractivity contribution in [3.05, 3.63) is 52.0 Å². The van der Waals surface area contributed by atoms with Gasteiger partial charge in [0.05, 0.1) is 37.8 Å². The predicted molar refractivity (Wildman–Crippen MR) is 94.7 cm³/mol. The molecular weight excluding hydrogens is 358 g/mol. The Labute approximate surface area is 156 Å². The SMILES string of the molecule is [C-]#[N+]C1C(C)=NC(CCOC)=C(C(=O)OC)C1c1ccc(F)c(F)c1OC. The number of halogens is 2. The number of esters is 1. The van der Waals surface area contributed by atoms with Gasteiger partial charge in [-0.1, -0.05) is 6.07 Å². The molecule has 2 atom stereocenters. The van der Waals surface area contributed by atoms with Gasteiger partial charge in [0.2, 0.25) is 5.82 Å². The Balaban J connectivity index is 2.78. The van der Waals surface area contributed by atoms with E-state index < -0.39 is 29.6 Å². The zero-order valence-electron chi connectivity index (χ0n) is 15.5. The van der Waals surface area contributed by atoms with Crippen LogP contribution >= 0.6 is 0 Å². The van der Waals surface area contributed by atoms with Crippen molar-refractivity contribution in [2.75, 3.05) is 27.9 Å². The van der Waals surface area contributed by atoms with Gasteiger partial charge in [-0.3, -0.25) is 4.99 Å². The Bertz CT molecular complexity index is 843. The lowest BCUT2D eigenvalue weighted by Gasteiger charge is -2.27. The van der Waals surface area contributed by atoms with Gasteiger partial charge in [0, 0.05) is 19.1 Å². The van der Waals surface area contributed by atoms with Crippen molar-refractivity contribution >= 4 is 11.7 Å². The zero-order chi connectivity index (χ0) is 20.1. The molecule has 0 amide bonds. The smallest absolute Gasteiger partial charge is 0.336 e. The van der Waals surface area contributed by atoms with Gasteiger partial charge in [-0.05, 0) is 13.0 Å². The van der Waals surface area contributed by atoms with Crippen molar-refractivity contribution in [1.29, 1.82) is 0 Å². The Morgan fingerprint density at radius 1 is 1.30 bits per heavy atom. The molecule has 144 valence electrons. The van der Waals surface area contributed by atoms with Gasteiger partial charge in [0.15, 0.2) is 11.6 Å². The fourth-order valence-corrected chi connectivity index (χ4v) is 3.15. The van der Waals surface area contributed by atoms with Crippen LogP contribution in [0.3, 0.4) is 0 Å². The summed E-state index contributed by atoms with van der Waals surface area (Å²) in [4.78, 5) is 20.5. The van der Waals surface area contributed by atoms with Crippen LogP contribution in [-0.4, -0.2) is 45.7 Å². The third-order valence-electron chi connectivity index (χ3n) is 4.38. The molecule has 0 spiro atoms. The molecule has 1 heterocycles. The molecule has 2 rings (SSSR count). The lowest BCUT2D eigenvalue weighted by atomic mass is 9.79. The van der Waals surface area contributed by atoms with Crippen molar-refractivity contribution in [1.82, 2.24) is 0 Å². The second-order valence-corrected chi connectivity index (χ2v) is 5.88. The first-order valence-corrected chi connectivity index (χ1v) is 8.15. The Hall–Kier alpha value is -2.79. The Kier molecular flexibility index (Phi) is 6.64. The van der Waals surface area contributed by atoms with E-state index in [4.69, 9.17) is 20.8 Å². The normalized spacial score (nSPS) is 19.4. The first-order chi connectivity index (χ1) is 12.9. The Morgan fingerprint density at radius 3 is 2.56 bits per heavy atom. The number of rotatable bonds is 6. The number of ether oxygens (including phenoxy) is 3. The molecule has 0 saturated carbocycles. The summed E-state index contributed by atoms with van der Waals surface area (Å²) in [5, 5.41) is 0. The van der Waals surface area contributed by atoms with Crippen LogP contribution in [0, 0.1) is 18.2 Å². The molecule has 2 unspecified atom stereocenters. The maximum atomic E-state index is 14.3. The topological polar surface area (TPSA) is 61.5 Å². The number of aliphatic imine (C=N–C) groups is 1. The Morgan fingerprint density at radius 2 is 2.00 bits per heavy atom. The highest BCUT2D eigenvalue weighted by Gasteiger charge is 2.44. The van der Waals surface area contributed by atoms with Gasteiger partial charge in [-0.25, -0.2) is 15.8 Å². The lowest BCUT2D eigenvalue weighted by molar-refractivity contribution is -0.136. The third kappa shape index (κ3) is 3.83. The first kappa shape index (κ1) is 20.5. The maximum Gasteiger partial charge on any atom is 0.336 e. The monoisotopic (exact) mass is 378 g/mol. The maximum absolute atomic E-state index is 14.3. The van der Waals surface area contributed by atoms with Crippen LogP contribution in [0.25, 0.3) is 4.85 Å². The summed E-state index contributed by atoms with van der Waals surface area (Å²) in [7, 11) is 3.92. The number of carbonyl (C=O) groups excluding carboxylic acids is 1. The number of methoxy groups -OCH3 is 3. The van der Waals surface area contributed by atoms with E-state index in [1.54, 1.807) is 6.92 Å². The summed E-state index contributed by atoms with van der Waals surface area (Å²) in [6, 6.07) is 1.37. The molecule has 0 bridgehead atoms. The van der Waals surface area contributed by atoms with E-state index >= 15 is 0 Å². The summed E-state index contributed by atoms with van der Waals surface area (Å²) in [6.07, 6.45) is 0.297. The molecule has 0 fully saturated rings. The quantitative estimate of drug-likeness (QED) is 0.563. The fourth-order valence-electron chi connectivity index (χ4n) is 3.15. The minimum absolute atomic E-state index is 0.116. The predicted octanol–water partition coefficient (Wildman–Crippen LogP) is 3.28. The van der Waals surface area contributed by atoms with Gasteiger partial charge in [0.25, 0.3) is 6.04 Å². The van der Waals surface area contributed by atoms with Crippen molar-refractivity contribution in [2.24, 2.45) is 4.99 Å². The summed E-state index contributed by atoms with van der Waals surface area (Å²) in [5.41, 5.74) is 1.14. The van der Waals surface area contributed by atoms with Crippen molar-refractivity contribution in [3.63, 3.8) is 0 Å². The van der Waals surface area contributed by atoms with Gasteiger partial charge in [-0.2, -0.15) is 4.39 Å². The zero-order valence-corrected chi connectivity index (χ0v) is 15.5. The van der Waals surface area contributed by atoms with Crippen molar-refractivity contribution in [2.45, 2.75) is 25.3 Å². The van der Waals surface area contributed by atoms with E-state index in [1.165, 1.54) is 27.4 Å². The van der Waals surface area contributed by atoms with E-state index in [0.717, 1.165) is 6.07 Å². The molecule has 1 aliphatic heterocycles. The van der Waals surface area contributed by atoms with Gasteiger partial charge >= 0.3 is 5.97 Å². The summed E-state index contributed by atoms with van der Waals surface area (Å²) in [5.74, 6) is -4.22. The van der Waals surface area contributed by atoms with Crippen LogP contribution in [0.4, 0.5) is 8.78 Å². The highest BCUT2D eigenvalue weighted by atomic mass is 19.2. The van der Waals surface area contributed by atoms with Crippen LogP contribution in [0.5, 0.6) is 5.75 Å². The molecular formula is C19H20F2N2O4. The van der Waals surface area contributed by atoms with Crippen molar-refractivity contribution < 1.29 is 27.8 Å². The highest BCUT2D eigenvalue weighted by molar-refractivity contribution is 6.00. The number of carbonyl (C=O) groups is 1. The molecule has 0 saturated heterocycles. The lowest BCUT2D eigenvalue weighted by Crippen LogP contribution is -2.33. The van der Waals surface area contributed by atoms with Crippen LogP contribution < -0.4 is 4.74 Å². The average molecular weight is 378 g/mol. The molecule has 6 nitrogen and oxygen atoms in total. The van der Waals surface area contributed by atoms with E-state index in [9.17, 15) is 13.6 Å². The molecule has 1 aliphatic rings. The molecule has 1 aromatic carbocycles. The molecule has 27 heavy (non-hydrogen) atoms. The van der Waals surface area contributed by atoms with Gasteiger partial charge in [-0.15, -0.1) is 0 Å². The second kappa shape index (κ2) is 8.73. The second-order valence-electron chi connectivity index (χ2n) is 5.88. The van der Waals surface area contributed by atoms with Gasteiger partial charge in [0.1, 0.15) is 5.92 Å². The first-order valence-electron chi connectivity index (χ1n) is 8.15. The molecule has 1 aromatic rings. The number of benzene rings is 1. The van der Waals surface area contributed by atoms with Crippen molar-refractivity contribution in [3.8, 4) is 5.75 Å². The minimum atomic E-state index is -1.18. The van der Waals surface area contributed by atoms with E-state index in [-0.39, 0.29) is 23.5 Å². The average Bonchev–Trinajstić information content (AvgIpc) is 2.67. The number of hydrogen-bond donors (Lipinski definition) is 0. The molecule has 8 heteroatoms. The molecule has 0 aromatic heterocycles. The third-order valence-corrected chi connectivity index (χ3v) is 4.38. The molecule has 0 radical (unpaired) electrons. The van der Waals surface area contributed by atoms with Crippen LogP contribution in [-0.2, 0) is 14.3 Å². The summed E-state index contributed by atoms with van der Waals surface area (Å²) in [6.45, 7) is 9.50. The summed E-state index contributed by atoms with van der Waals surface area (Å²) < 4.78 is 43.0. The highest BCUT2D eigenvalue weighted by Crippen LogP contribution is 2.43. The minimum Gasteiger partial charge on any atom is -0.493 e. The fraction of sp³-hybridized carbons (Fsp3) is 0.421. The van der Waals surface area contributed by atoms with Crippen LogP contribution in [0.15, 0.2) is 28.4 Å².